The minimum atomic E-state index is -0.380. The van der Waals surface area contributed by atoms with Gasteiger partial charge in [0.2, 0.25) is 11.8 Å². The molecule has 8 nitrogen and oxygen atoms in total. The molecule has 0 aliphatic heterocycles. The fourth-order valence-corrected chi connectivity index (χ4v) is 1.95. The van der Waals surface area contributed by atoms with Crippen molar-refractivity contribution in [3.63, 3.8) is 0 Å². The molecule has 0 radical (unpaired) electrons. The highest BCUT2D eigenvalue weighted by Crippen LogP contribution is 2.01. The van der Waals surface area contributed by atoms with E-state index in [2.05, 4.69) is 21.3 Å². The van der Waals surface area contributed by atoms with E-state index in [9.17, 15) is 14.4 Å². The lowest BCUT2D eigenvalue weighted by Gasteiger charge is -2.20. The van der Waals surface area contributed by atoms with Crippen molar-refractivity contribution in [3.05, 3.63) is 35.9 Å². The van der Waals surface area contributed by atoms with Crippen LogP contribution in [0.5, 0.6) is 0 Å². The third-order valence-electron chi connectivity index (χ3n) is 3.02. The molecule has 0 heterocycles. The number of hydrogen-bond donors (Lipinski definition) is 4. The lowest BCUT2D eigenvalue weighted by Crippen LogP contribution is -2.51. The second kappa shape index (κ2) is 12.2. The van der Waals surface area contributed by atoms with E-state index in [1.54, 1.807) is 7.05 Å². The normalized spacial score (nSPS) is 11.5. The highest BCUT2D eigenvalue weighted by molar-refractivity contribution is 5.79. The first-order chi connectivity index (χ1) is 11.7. The van der Waals surface area contributed by atoms with Crippen molar-refractivity contribution in [1.29, 1.82) is 0 Å². The molecule has 24 heavy (non-hydrogen) atoms. The number of nitrogens with one attached hydrogen (secondary N) is 4. The molecular weight excluding hydrogens is 312 g/mol. The molecule has 1 rings (SSSR count). The smallest absolute Gasteiger partial charge is 0.235 e. The molecule has 0 fully saturated rings. The summed E-state index contributed by atoms with van der Waals surface area (Å²) in [4.78, 5) is 33.6. The third kappa shape index (κ3) is 8.99. The fraction of sp³-hybridized carbons (Fsp3) is 0.438. The summed E-state index contributed by atoms with van der Waals surface area (Å²) in [5, 5.41) is 11.1. The Morgan fingerprint density at radius 2 is 1.92 bits per heavy atom. The topological polar surface area (TPSA) is 109 Å². The minimum absolute atomic E-state index is 0.0157. The van der Waals surface area contributed by atoms with Gasteiger partial charge in [-0.3, -0.25) is 14.9 Å². The number of likely N-dealkylation sites (N-methyl/N-ethyl adjacent to an activating group) is 1. The molecule has 0 aliphatic carbocycles. The molecule has 0 bridgehead atoms. The Bertz CT molecular complexity index is 510. The highest BCUT2D eigenvalue weighted by atomic mass is 16.5. The highest BCUT2D eigenvalue weighted by Gasteiger charge is 2.13. The molecule has 0 spiro atoms. The van der Waals surface area contributed by atoms with Crippen LogP contribution < -0.4 is 21.3 Å². The van der Waals surface area contributed by atoms with Crippen molar-refractivity contribution in [2.24, 2.45) is 0 Å². The van der Waals surface area contributed by atoms with E-state index in [1.807, 2.05) is 30.3 Å². The van der Waals surface area contributed by atoms with Crippen molar-refractivity contribution in [2.45, 2.75) is 12.6 Å². The van der Waals surface area contributed by atoms with Gasteiger partial charge in [0, 0.05) is 6.42 Å². The van der Waals surface area contributed by atoms with E-state index in [4.69, 9.17) is 4.74 Å². The molecule has 1 atom stereocenters. The van der Waals surface area contributed by atoms with Crippen LogP contribution in [0, 0.1) is 0 Å². The van der Waals surface area contributed by atoms with Crippen molar-refractivity contribution < 1.29 is 19.1 Å². The predicted molar refractivity (Wildman–Crippen MR) is 89.0 cm³/mol. The molecule has 4 N–H and O–H groups in total. The molecule has 0 aromatic heterocycles. The Balaban J connectivity index is 2.46. The first-order valence-electron chi connectivity index (χ1n) is 7.65. The summed E-state index contributed by atoms with van der Waals surface area (Å²) in [6, 6.07) is 9.65. The molecule has 132 valence electrons. The van der Waals surface area contributed by atoms with Crippen molar-refractivity contribution >= 4 is 18.1 Å². The molecule has 8 heteroatoms. The summed E-state index contributed by atoms with van der Waals surface area (Å²) in [5.74, 6) is -0.456. The van der Waals surface area contributed by atoms with Crippen LogP contribution in [-0.4, -0.2) is 57.7 Å². The van der Waals surface area contributed by atoms with E-state index >= 15 is 0 Å². The lowest BCUT2D eigenvalue weighted by atomic mass is 10.1. The van der Waals surface area contributed by atoms with Crippen molar-refractivity contribution in [1.82, 2.24) is 21.3 Å². The van der Waals surface area contributed by atoms with Gasteiger partial charge in [-0.25, -0.2) is 0 Å². The van der Waals surface area contributed by atoms with Gasteiger partial charge in [-0.2, -0.15) is 0 Å². The average molecular weight is 336 g/mol. The average Bonchev–Trinajstić information content (AvgIpc) is 2.58. The number of amides is 2. The van der Waals surface area contributed by atoms with Crippen LogP contribution in [0.4, 0.5) is 0 Å². The third-order valence-corrected chi connectivity index (χ3v) is 3.02. The molecule has 1 aromatic carbocycles. The van der Waals surface area contributed by atoms with Crippen molar-refractivity contribution in [2.75, 3.05) is 33.5 Å². The Morgan fingerprint density at radius 3 is 2.58 bits per heavy atom. The SMILES string of the molecule is CNCC(=O)NC(Cc1ccccc1)NCC(=O)NCOCC=O. The molecule has 1 unspecified atom stereocenters. The van der Waals surface area contributed by atoms with Crippen LogP contribution in [0.1, 0.15) is 5.56 Å². The number of carbonyl (C=O) groups excluding carboxylic acids is 3. The van der Waals surface area contributed by atoms with Gasteiger partial charge in [0.25, 0.3) is 0 Å². The Hall–Kier alpha value is -2.29. The van der Waals surface area contributed by atoms with E-state index in [-0.39, 0.29) is 44.4 Å². The molecule has 0 aliphatic rings. The monoisotopic (exact) mass is 336 g/mol. The van der Waals surface area contributed by atoms with Gasteiger partial charge in [-0.1, -0.05) is 30.3 Å². The van der Waals surface area contributed by atoms with E-state index < -0.39 is 0 Å². The first-order valence-corrected chi connectivity index (χ1v) is 7.65. The maximum atomic E-state index is 11.8. The molecule has 2 amide bonds. The second-order valence-corrected chi connectivity index (χ2v) is 5.00. The maximum Gasteiger partial charge on any atom is 0.235 e. The predicted octanol–water partition coefficient (Wildman–Crippen LogP) is -1.23. The standard InChI is InChI=1S/C16H24N4O4/c1-17-10-16(23)20-14(9-13-5-3-2-4-6-13)18-11-15(22)19-12-24-8-7-21/h2-7,14,17-18H,8-12H2,1H3,(H,19,22)(H,20,23). The van der Waals surface area contributed by atoms with Gasteiger partial charge in [0.1, 0.15) is 19.6 Å². The van der Waals surface area contributed by atoms with Gasteiger partial charge >= 0.3 is 0 Å². The van der Waals surface area contributed by atoms with Crippen LogP contribution in [0.15, 0.2) is 30.3 Å². The summed E-state index contributed by atoms with van der Waals surface area (Å²) >= 11 is 0. The molecular formula is C16H24N4O4. The summed E-state index contributed by atoms with van der Waals surface area (Å²) in [6.07, 6.45) is 0.776. The molecule has 1 aromatic rings. The summed E-state index contributed by atoms with van der Waals surface area (Å²) in [7, 11) is 1.69. The van der Waals surface area contributed by atoms with E-state index in [0.717, 1.165) is 5.56 Å². The van der Waals surface area contributed by atoms with E-state index in [0.29, 0.717) is 12.7 Å². The van der Waals surface area contributed by atoms with E-state index in [1.165, 1.54) is 0 Å². The number of ether oxygens (including phenoxy) is 1. The second-order valence-electron chi connectivity index (χ2n) is 5.00. The quantitative estimate of drug-likeness (QED) is 0.216. The first kappa shape index (κ1) is 19.8. The van der Waals surface area contributed by atoms with Crippen molar-refractivity contribution in [3.8, 4) is 0 Å². The Labute approximate surface area is 141 Å². The number of benzene rings is 1. The van der Waals surface area contributed by atoms with Crippen LogP contribution in [0.25, 0.3) is 0 Å². The minimum Gasteiger partial charge on any atom is -0.354 e. The summed E-state index contributed by atoms with van der Waals surface area (Å²) in [6.45, 7) is 0.111. The van der Waals surface area contributed by atoms with Crippen LogP contribution in [-0.2, 0) is 25.5 Å². The lowest BCUT2D eigenvalue weighted by molar-refractivity contribution is -0.124. The van der Waals surface area contributed by atoms with Gasteiger partial charge < -0.3 is 25.5 Å². The summed E-state index contributed by atoms with van der Waals surface area (Å²) in [5.41, 5.74) is 1.04. The number of aldehydes is 1. The fourth-order valence-electron chi connectivity index (χ4n) is 1.95. The van der Waals surface area contributed by atoms with Gasteiger partial charge in [-0.05, 0) is 12.6 Å². The number of rotatable bonds is 12. The van der Waals surface area contributed by atoms with Crippen LogP contribution in [0.2, 0.25) is 0 Å². The molecule has 0 saturated carbocycles. The number of carbonyl (C=O) groups is 3. The zero-order valence-electron chi connectivity index (χ0n) is 13.7. The van der Waals surface area contributed by atoms with Gasteiger partial charge in [0.05, 0.1) is 19.3 Å². The molecule has 0 saturated heterocycles. The maximum absolute atomic E-state index is 11.8. The Morgan fingerprint density at radius 1 is 1.17 bits per heavy atom. The summed E-state index contributed by atoms with van der Waals surface area (Å²) < 4.78 is 4.85. The van der Waals surface area contributed by atoms with Crippen LogP contribution >= 0.6 is 0 Å². The zero-order valence-corrected chi connectivity index (χ0v) is 13.7. The largest absolute Gasteiger partial charge is 0.354 e. The van der Waals surface area contributed by atoms with Gasteiger partial charge in [0.15, 0.2) is 0 Å². The zero-order chi connectivity index (χ0) is 17.6. The van der Waals surface area contributed by atoms with Gasteiger partial charge in [-0.15, -0.1) is 0 Å². The number of hydrogen-bond acceptors (Lipinski definition) is 6. The van der Waals surface area contributed by atoms with Crippen LogP contribution in [0.3, 0.4) is 0 Å². The Kier molecular flexibility index (Phi) is 10.0.